The lowest BCUT2D eigenvalue weighted by Gasteiger charge is -2.15. The Labute approximate surface area is 214 Å². The number of nitrogens with zero attached hydrogens (tertiary/aromatic N) is 2. The number of amides is 1. The summed E-state index contributed by atoms with van der Waals surface area (Å²) in [4.78, 5) is 43.6. The molecule has 35 heavy (non-hydrogen) atoms. The molecule has 4 rings (SSSR count). The molecule has 184 valence electrons. The smallest absolute Gasteiger partial charge is 0.262 e. The predicted octanol–water partition coefficient (Wildman–Crippen LogP) is 5.74. The molecule has 0 bridgehead atoms. The van der Waals surface area contributed by atoms with E-state index in [1.807, 2.05) is 0 Å². The molecule has 0 radical (unpaired) electrons. The molecule has 1 amide bonds. The van der Waals surface area contributed by atoms with Gasteiger partial charge in [0.05, 0.1) is 16.7 Å². The summed E-state index contributed by atoms with van der Waals surface area (Å²) < 4.78 is 1.65. The Morgan fingerprint density at radius 1 is 1.11 bits per heavy atom. The lowest BCUT2D eigenvalue weighted by Crippen LogP contribution is -2.32. The van der Waals surface area contributed by atoms with Crippen molar-refractivity contribution in [1.29, 1.82) is 0 Å². The average molecular weight is 512 g/mol. The van der Waals surface area contributed by atoms with Gasteiger partial charge in [0.25, 0.3) is 11.5 Å². The number of rotatable bonds is 9. The van der Waals surface area contributed by atoms with E-state index in [4.69, 9.17) is 16.6 Å². The normalized spacial score (nSPS) is 14.1. The van der Waals surface area contributed by atoms with Crippen LogP contribution in [0.3, 0.4) is 0 Å². The van der Waals surface area contributed by atoms with E-state index in [0.717, 1.165) is 32.1 Å². The van der Waals surface area contributed by atoms with Gasteiger partial charge in [-0.15, -0.1) is 0 Å². The van der Waals surface area contributed by atoms with Crippen molar-refractivity contribution >= 4 is 46.0 Å². The van der Waals surface area contributed by atoms with Crippen LogP contribution in [0.15, 0.2) is 52.4 Å². The highest BCUT2D eigenvalue weighted by Gasteiger charge is 2.20. The molecular weight excluding hydrogens is 482 g/mol. The fourth-order valence-electron chi connectivity index (χ4n) is 4.22. The van der Waals surface area contributed by atoms with Crippen molar-refractivity contribution in [3.63, 3.8) is 0 Å². The topological polar surface area (TPSA) is 81.1 Å². The minimum absolute atomic E-state index is 0.0684. The first-order valence-electron chi connectivity index (χ1n) is 12.1. The molecule has 0 aliphatic heterocycles. The summed E-state index contributed by atoms with van der Waals surface area (Å²) in [6.45, 7) is 4.72. The summed E-state index contributed by atoms with van der Waals surface area (Å²) in [5.41, 5.74) is 1.37. The second-order valence-corrected chi connectivity index (χ2v) is 10.8. The molecule has 0 saturated heterocycles. The number of halogens is 1. The van der Waals surface area contributed by atoms with E-state index in [9.17, 15) is 14.4 Å². The Morgan fingerprint density at radius 2 is 1.80 bits per heavy atom. The molecule has 0 atom stereocenters. The highest BCUT2D eigenvalue weighted by atomic mass is 35.5. The van der Waals surface area contributed by atoms with Crippen molar-refractivity contribution in [1.82, 2.24) is 14.9 Å². The van der Waals surface area contributed by atoms with Gasteiger partial charge in [0.1, 0.15) is 0 Å². The summed E-state index contributed by atoms with van der Waals surface area (Å²) in [6.07, 6.45) is 5.08. The standard InChI is InChI=1S/C27H30ClN3O3S/c1-17(2)13-14-31-26(34)22-12-9-19(25(33)29-21-5-3-4-6-21)15-23(22)30-27(31)35-16-24(32)18-7-10-20(28)11-8-18/h7-12,15,17,21H,3-6,13-14,16H2,1-2H3,(H,29,33). The molecule has 1 aliphatic rings. The van der Waals surface area contributed by atoms with Gasteiger partial charge in [-0.25, -0.2) is 4.98 Å². The number of benzene rings is 2. The Balaban J connectivity index is 1.63. The van der Waals surface area contributed by atoms with Crippen molar-refractivity contribution < 1.29 is 9.59 Å². The lowest BCUT2D eigenvalue weighted by molar-refractivity contribution is 0.0937. The van der Waals surface area contributed by atoms with Gasteiger partial charge in [0, 0.05) is 28.7 Å². The fourth-order valence-corrected chi connectivity index (χ4v) is 5.27. The molecule has 0 spiro atoms. The van der Waals surface area contributed by atoms with Gasteiger partial charge in [-0.05, 0) is 67.6 Å². The lowest BCUT2D eigenvalue weighted by atomic mass is 10.1. The summed E-state index contributed by atoms with van der Waals surface area (Å²) in [6, 6.07) is 12.0. The maximum atomic E-state index is 13.4. The zero-order valence-electron chi connectivity index (χ0n) is 20.1. The van der Waals surface area contributed by atoms with Crippen LogP contribution < -0.4 is 10.9 Å². The van der Waals surface area contributed by atoms with Gasteiger partial charge in [-0.2, -0.15) is 0 Å². The monoisotopic (exact) mass is 511 g/mol. The Bertz CT molecular complexity index is 1280. The fraction of sp³-hybridized carbons (Fsp3) is 0.407. The van der Waals surface area contributed by atoms with Crippen molar-refractivity contribution in [3.05, 3.63) is 69.0 Å². The van der Waals surface area contributed by atoms with E-state index in [1.165, 1.54) is 11.8 Å². The van der Waals surface area contributed by atoms with Crippen LogP contribution in [0.1, 0.15) is 66.7 Å². The molecular formula is C27H30ClN3O3S. The van der Waals surface area contributed by atoms with E-state index in [2.05, 4.69) is 19.2 Å². The maximum absolute atomic E-state index is 13.4. The predicted molar refractivity (Wildman–Crippen MR) is 142 cm³/mol. The SMILES string of the molecule is CC(C)CCn1c(SCC(=O)c2ccc(Cl)cc2)nc2cc(C(=O)NC3CCCC3)ccc2c1=O. The van der Waals surface area contributed by atoms with Crippen LogP contribution in [0.4, 0.5) is 0 Å². The van der Waals surface area contributed by atoms with E-state index in [1.54, 1.807) is 47.0 Å². The molecule has 1 aliphatic carbocycles. The van der Waals surface area contributed by atoms with Crippen LogP contribution in [-0.2, 0) is 6.54 Å². The number of ketones is 1. The molecule has 0 unspecified atom stereocenters. The highest BCUT2D eigenvalue weighted by molar-refractivity contribution is 7.99. The van der Waals surface area contributed by atoms with Gasteiger partial charge in [0.2, 0.25) is 0 Å². The molecule has 8 heteroatoms. The minimum Gasteiger partial charge on any atom is -0.349 e. The number of thioether (sulfide) groups is 1. The van der Waals surface area contributed by atoms with Crippen LogP contribution in [0.2, 0.25) is 5.02 Å². The van der Waals surface area contributed by atoms with E-state index in [0.29, 0.717) is 44.7 Å². The number of carbonyl (C=O) groups is 2. The number of hydrogen-bond donors (Lipinski definition) is 1. The van der Waals surface area contributed by atoms with E-state index >= 15 is 0 Å². The van der Waals surface area contributed by atoms with Gasteiger partial charge >= 0.3 is 0 Å². The van der Waals surface area contributed by atoms with Crippen molar-refractivity contribution in [2.24, 2.45) is 5.92 Å². The Kier molecular flexibility index (Phi) is 8.29. The number of carbonyl (C=O) groups excluding carboxylic acids is 2. The van der Waals surface area contributed by atoms with Crippen LogP contribution in [0, 0.1) is 5.92 Å². The molecule has 6 nitrogen and oxygen atoms in total. The van der Waals surface area contributed by atoms with Crippen molar-refractivity contribution in [2.75, 3.05) is 5.75 Å². The molecule has 1 fully saturated rings. The number of aromatic nitrogens is 2. The number of fused-ring (bicyclic) bond motifs is 1. The Hall–Kier alpha value is -2.64. The first-order valence-corrected chi connectivity index (χ1v) is 13.4. The average Bonchev–Trinajstić information content (AvgIpc) is 3.35. The Morgan fingerprint density at radius 3 is 2.49 bits per heavy atom. The highest BCUT2D eigenvalue weighted by Crippen LogP contribution is 2.22. The summed E-state index contributed by atoms with van der Waals surface area (Å²) in [5.74, 6) is 0.342. The van der Waals surface area contributed by atoms with Gasteiger partial charge in [-0.3, -0.25) is 19.0 Å². The van der Waals surface area contributed by atoms with Crippen LogP contribution in [0.5, 0.6) is 0 Å². The zero-order chi connectivity index (χ0) is 24.9. The quantitative estimate of drug-likeness (QED) is 0.225. The third-order valence-electron chi connectivity index (χ3n) is 6.30. The summed E-state index contributed by atoms with van der Waals surface area (Å²) in [5, 5.41) is 4.61. The summed E-state index contributed by atoms with van der Waals surface area (Å²) in [7, 11) is 0. The molecule has 1 heterocycles. The summed E-state index contributed by atoms with van der Waals surface area (Å²) >= 11 is 7.18. The first kappa shape index (κ1) is 25.5. The number of Topliss-reactive ketones (excluding diaryl/α,β-unsaturated/α-hetero) is 1. The maximum Gasteiger partial charge on any atom is 0.262 e. The third-order valence-corrected chi connectivity index (χ3v) is 7.53. The van der Waals surface area contributed by atoms with Crippen molar-refractivity contribution in [2.45, 2.75) is 63.7 Å². The first-order chi connectivity index (χ1) is 16.8. The van der Waals surface area contributed by atoms with Gasteiger partial charge < -0.3 is 5.32 Å². The van der Waals surface area contributed by atoms with Crippen LogP contribution >= 0.6 is 23.4 Å². The van der Waals surface area contributed by atoms with Crippen LogP contribution in [0.25, 0.3) is 10.9 Å². The largest absolute Gasteiger partial charge is 0.349 e. The number of hydrogen-bond acceptors (Lipinski definition) is 5. The second kappa shape index (κ2) is 11.4. The van der Waals surface area contributed by atoms with E-state index < -0.39 is 0 Å². The number of nitrogens with one attached hydrogen (secondary N) is 1. The van der Waals surface area contributed by atoms with E-state index in [-0.39, 0.29) is 29.0 Å². The van der Waals surface area contributed by atoms with Crippen molar-refractivity contribution in [3.8, 4) is 0 Å². The van der Waals surface area contributed by atoms with Gasteiger partial charge in [0.15, 0.2) is 10.9 Å². The third kappa shape index (κ3) is 6.33. The molecule has 1 aromatic heterocycles. The second-order valence-electron chi connectivity index (χ2n) is 9.44. The zero-order valence-corrected chi connectivity index (χ0v) is 21.6. The molecule has 1 saturated carbocycles. The molecule has 3 aromatic rings. The van der Waals surface area contributed by atoms with Gasteiger partial charge in [-0.1, -0.05) is 50.1 Å². The molecule has 1 N–H and O–H groups in total. The minimum atomic E-state index is -0.153. The molecule has 2 aromatic carbocycles. The van der Waals surface area contributed by atoms with Crippen LogP contribution in [-0.4, -0.2) is 33.0 Å².